The highest BCUT2D eigenvalue weighted by Crippen LogP contribution is 2.22. The van der Waals surface area contributed by atoms with Crippen molar-refractivity contribution in [3.05, 3.63) is 64.1 Å². The van der Waals surface area contributed by atoms with Gasteiger partial charge in [-0.1, -0.05) is 40.2 Å². The first-order chi connectivity index (χ1) is 10.7. The summed E-state index contributed by atoms with van der Waals surface area (Å²) >= 11 is 3.41. The molecule has 22 heavy (non-hydrogen) atoms. The van der Waals surface area contributed by atoms with Crippen LogP contribution in [-0.2, 0) is 0 Å². The van der Waals surface area contributed by atoms with E-state index in [0.717, 1.165) is 28.7 Å². The Balaban J connectivity index is 2.27. The molecule has 0 aliphatic rings. The first-order valence-corrected chi connectivity index (χ1v) is 8.20. The molecule has 0 heterocycles. The van der Waals surface area contributed by atoms with Gasteiger partial charge >= 0.3 is 0 Å². The van der Waals surface area contributed by atoms with Gasteiger partial charge in [0.2, 0.25) is 0 Å². The lowest BCUT2D eigenvalue weighted by molar-refractivity contribution is 0.866. The van der Waals surface area contributed by atoms with E-state index in [1.165, 1.54) is 5.69 Å². The summed E-state index contributed by atoms with van der Waals surface area (Å²) in [5, 5.41) is 9.39. The Morgan fingerprint density at radius 1 is 1.05 bits per heavy atom. The van der Waals surface area contributed by atoms with Crippen LogP contribution in [0, 0.1) is 11.3 Å². The monoisotopic (exact) mass is 354 g/mol. The summed E-state index contributed by atoms with van der Waals surface area (Å²) in [7, 11) is 0. The van der Waals surface area contributed by atoms with Crippen molar-refractivity contribution in [2.45, 2.75) is 13.8 Å². The predicted octanol–water partition coefficient (Wildman–Crippen LogP) is 5.36. The van der Waals surface area contributed by atoms with E-state index in [9.17, 15) is 5.26 Å². The summed E-state index contributed by atoms with van der Waals surface area (Å²) < 4.78 is 1.01. The molecule has 0 saturated heterocycles. The molecule has 0 saturated carbocycles. The van der Waals surface area contributed by atoms with Crippen LogP contribution in [0.5, 0.6) is 0 Å². The highest BCUT2D eigenvalue weighted by atomic mass is 79.9. The molecule has 0 bridgehead atoms. The van der Waals surface area contributed by atoms with E-state index in [0.29, 0.717) is 5.57 Å². The predicted molar refractivity (Wildman–Crippen MR) is 97.6 cm³/mol. The summed E-state index contributed by atoms with van der Waals surface area (Å²) in [4.78, 5) is 2.30. The standard InChI is InChI=1S/C19H19BrN2/c1-3-22(4-2)19-11-5-15(6-12-19)13-17(14-21)16-7-9-18(20)10-8-16/h5-13H,3-4H2,1-2H3/b17-13-. The molecule has 0 fully saturated rings. The van der Waals surface area contributed by atoms with Crippen LogP contribution < -0.4 is 4.90 Å². The second-order valence-corrected chi connectivity index (χ2v) is 5.86. The van der Waals surface area contributed by atoms with E-state index in [1.807, 2.05) is 30.3 Å². The van der Waals surface area contributed by atoms with Crippen molar-refractivity contribution in [1.82, 2.24) is 0 Å². The smallest absolute Gasteiger partial charge is 0.0998 e. The van der Waals surface area contributed by atoms with Crippen molar-refractivity contribution < 1.29 is 0 Å². The number of anilines is 1. The number of allylic oxidation sites excluding steroid dienone is 1. The first kappa shape index (κ1) is 16.3. The Bertz CT molecular complexity index is 675. The van der Waals surface area contributed by atoms with Gasteiger partial charge in [-0.2, -0.15) is 5.26 Å². The number of nitriles is 1. The number of rotatable bonds is 5. The lowest BCUT2D eigenvalue weighted by atomic mass is 10.0. The molecular formula is C19H19BrN2. The maximum absolute atomic E-state index is 9.39. The van der Waals surface area contributed by atoms with E-state index < -0.39 is 0 Å². The molecule has 112 valence electrons. The molecule has 0 atom stereocenters. The first-order valence-electron chi connectivity index (χ1n) is 7.40. The second kappa shape index (κ2) is 7.82. The van der Waals surface area contributed by atoms with E-state index in [2.05, 4.69) is 65.0 Å². The Hall–Kier alpha value is -2.05. The molecule has 2 aromatic rings. The number of halogens is 1. The third-order valence-electron chi connectivity index (χ3n) is 3.61. The summed E-state index contributed by atoms with van der Waals surface area (Å²) in [6.45, 7) is 6.29. The summed E-state index contributed by atoms with van der Waals surface area (Å²) in [6.07, 6.45) is 1.93. The van der Waals surface area contributed by atoms with Gasteiger partial charge in [-0.3, -0.25) is 0 Å². The quantitative estimate of drug-likeness (QED) is 0.533. The third kappa shape index (κ3) is 3.99. The molecule has 0 aromatic heterocycles. The van der Waals surface area contributed by atoms with Gasteiger partial charge in [-0.25, -0.2) is 0 Å². The minimum absolute atomic E-state index is 0.670. The van der Waals surface area contributed by atoms with Crippen LogP contribution in [0.4, 0.5) is 5.69 Å². The van der Waals surface area contributed by atoms with Crippen LogP contribution in [0.2, 0.25) is 0 Å². The van der Waals surface area contributed by atoms with Crippen LogP contribution in [-0.4, -0.2) is 13.1 Å². The van der Waals surface area contributed by atoms with Gasteiger partial charge in [0.15, 0.2) is 0 Å². The molecule has 2 rings (SSSR count). The minimum atomic E-state index is 0.670. The number of hydrogen-bond donors (Lipinski definition) is 0. The van der Waals surface area contributed by atoms with Crippen molar-refractivity contribution in [2.75, 3.05) is 18.0 Å². The highest BCUT2D eigenvalue weighted by molar-refractivity contribution is 9.10. The second-order valence-electron chi connectivity index (χ2n) is 4.94. The third-order valence-corrected chi connectivity index (χ3v) is 4.14. The summed E-state index contributed by atoms with van der Waals surface area (Å²) in [6, 6.07) is 18.4. The van der Waals surface area contributed by atoms with Crippen molar-refractivity contribution in [3.63, 3.8) is 0 Å². The van der Waals surface area contributed by atoms with Crippen LogP contribution in [0.25, 0.3) is 11.6 Å². The zero-order valence-electron chi connectivity index (χ0n) is 12.9. The van der Waals surface area contributed by atoms with Crippen molar-refractivity contribution in [2.24, 2.45) is 0 Å². The zero-order chi connectivity index (χ0) is 15.9. The van der Waals surface area contributed by atoms with Crippen LogP contribution in [0.3, 0.4) is 0 Å². The van der Waals surface area contributed by atoms with E-state index in [-0.39, 0.29) is 0 Å². The Kier molecular flexibility index (Phi) is 5.80. The molecule has 0 amide bonds. The molecular weight excluding hydrogens is 336 g/mol. The summed E-state index contributed by atoms with van der Waals surface area (Å²) in [5.41, 5.74) is 3.85. The minimum Gasteiger partial charge on any atom is -0.372 e. The molecule has 0 aliphatic carbocycles. The average Bonchev–Trinajstić information content (AvgIpc) is 2.56. The SMILES string of the molecule is CCN(CC)c1ccc(/C=C(/C#N)c2ccc(Br)cc2)cc1. The van der Waals surface area contributed by atoms with Gasteiger partial charge in [-0.15, -0.1) is 0 Å². The molecule has 0 unspecified atom stereocenters. The fraction of sp³-hybridized carbons (Fsp3) is 0.211. The van der Waals surface area contributed by atoms with E-state index in [1.54, 1.807) is 0 Å². The van der Waals surface area contributed by atoms with Gasteiger partial charge in [-0.05, 0) is 55.3 Å². The Morgan fingerprint density at radius 2 is 1.64 bits per heavy atom. The van der Waals surface area contributed by atoms with Crippen molar-refractivity contribution in [3.8, 4) is 6.07 Å². The number of benzene rings is 2. The largest absolute Gasteiger partial charge is 0.372 e. The summed E-state index contributed by atoms with van der Waals surface area (Å²) in [5.74, 6) is 0. The van der Waals surface area contributed by atoms with Crippen molar-refractivity contribution in [1.29, 1.82) is 5.26 Å². The van der Waals surface area contributed by atoms with Crippen molar-refractivity contribution >= 4 is 33.3 Å². The number of hydrogen-bond acceptors (Lipinski definition) is 2. The Labute approximate surface area is 140 Å². The van der Waals surface area contributed by atoms with Gasteiger partial charge in [0.1, 0.15) is 0 Å². The average molecular weight is 355 g/mol. The molecule has 0 N–H and O–H groups in total. The van der Waals surface area contributed by atoms with Gasteiger partial charge in [0.25, 0.3) is 0 Å². The lowest BCUT2D eigenvalue weighted by Crippen LogP contribution is -2.21. The van der Waals surface area contributed by atoms with E-state index >= 15 is 0 Å². The van der Waals surface area contributed by atoms with Gasteiger partial charge < -0.3 is 4.90 Å². The topological polar surface area (TPSA) is 27.0 Å². The molecule has 2 aromatic carbocycles. The molecule has 0 spiro atoms. The van der Waals surface area contributed by atoms with Gasteiger partial charge in [0.05, 0.1) is 11.6 Å². The maximum Gasteiger partial charge on any atom is 0.0998 e. The Morgan fingerprint density at radius 3 is 2.14 bits per heavy atom. The fourth-order valence-electron chi connectivity index (χ4n) is 2.35. The van der Waals surface area contributed by atoms with Gasteiger partial charge in [0, 0.05) is 23.2 Å². The van der Waals surface area contributed by atoms with E-state index in [4.69, 9.17) is 0 Å². The highest BCUT2D eigenvalue weighted by Gasteiger charge is 2.03. The molecule has 2 nitrogen and oxygen atoms in total. The van der Waals surface area contributed by atoms with Crippen LogP contribution >= 0.6 is 15.9 Å². The lowest BCUT2D eigenvalue weighted by Gasteiger charge is -2.20. The zero-order valence-corrected chi connectivity index (χ0v) is 14.5. The van der Waals surface area contributed by atoms with Crippen LogP contribution in [0.1, 0.15) is 25.0 Å². The number of nitrogens with zero attached hydrogens (tertiary/aromatic N) is 2. The molecule has 0 aliphatic heterocycles. The fourth-order valence-corrected chi connectivity index (χ4v) is 2.61. The van der Waals surface area contributed by atoms with Crippen LogP contribution in [0.15, 0.2) is 53.0 Å². The maximum atomic E-state index is 9.39. The molecule has 0 radical (unpaired) electrons. The normalized spacial score (nSPS) is 11.1. The molecule has 3 heteroatoms.